The number of amides is 1. The van der Waals surface area contributed by atoms with Crippen molar-refractivity contribution in [1.82, 2.24) is 15.1 Å². The van der Waals surface area contributed by atoms with Gasteiger partial charge in [-0.2, -0.15) is 0 Å². The number of ether oxygens (including phenoxy) is 2. The van der Waals surface area contributed by atoms with Crippen molar-refractivity contribution in [3.63, 3.8) is 0 Å². The van der Waals surface area contributed by atoms with Crippen molar-refractivity contribution in [3.05, 3.63) is 29.8 Å². The zero-order valence-corrected chi connectivity index (χ0v) is 18.9. The van der Waals surface area contributed by atoms with Crippen LogP contribution in [0.15, 0.2) is 24.3 Å². The van der Waals surface area contributed by atoms with Crippen LogP contribution in [0.2, 0.25) is 0 Å². The number of hydrogen-bond acceptors (Lipinski definition) is 6. The van der Waals surface area contributed by atoms with E-state index in [-0.39, 0.29) is 11.8 Å². The molecule has 0 aliphatic carbocycles. The first-order chi connectivity index (χ1) is 15.2. The Labute approximate surface area is 187 Å². The van der Waals surface area contributed by atoms with Gasteiger partial charge in [0.1, 0.15) is 5.75 Å². The standard InChI is InChI=1S/C24H40N4O3/c25-24(29)22-7-4-11-28(20-22)12-5-9-26-19-21-6-3-8-23(18-21)31-15-2-1-10-27-13-16-30-17-14-27/h3,6,8,18,22,26H,1-2,4-5,7,9-17,19-20H2,(H2,25,29). The van der Waals surface area contributed by atoms with Crippen molar-refractivity contribution in [1.29, 1.82) is 0 Å². The molecule has 1 atom stereocenters. The molecule has 3 N–H and O–H groups in total. The molecule has 0 bridgehead atoms. The Kier molecular flexibility index (Phi) is 10.6. The monoisotopic (exact) mass is 432 g/mol. The Morgan fingerprint density at radius 3 is 2.81 bits per heavy atom. The molecule has 1 aromatic carbocycles. The topological polar surface area (TPSA) is 80.1 Å². The van der Waals surface area contributed by atoms with E-state index >= 15 is 0 Å². The van der Waals surface area contributed by atoms with Crippen LogP contribution in [-0.4, -0.2) is 81.3 Å². The smallest absolute Gasteiger partial charge is 0.221 e. The van der Waals surface area contributed by atoms with Crippen molar-refractivity contribution in [2.45, 2.75) is 38.6 Å². The molecule has 0 radical (unpaired) electrons. The first-order valence-corrected chi connectivity index (χ1v) is 11.9. The highest BCUT2D eigenvalue weighted by Crippen LogP contribution is 2.16. The van der Waals surface area contributed by atoms with Gasteiger partial charge in [0.15, 0.2) is 0 Å². The number of unbranched alkanes of at least 4 members (excludes halogenated alkanes) is 1. The Morgan fingerprint density at radius 2 is 1.97 bits per heavy atom. The lowest BCUT2D eigenvalue weighted by Crippen LogP contribution is -2.41. The number of nitrogens with one attached hydrogen (secondary N) is 1. The van der Waals surface area contributed by atoms with Crippen molar-refractivity contribution in [2.75, 3.05) is 65.6 Å². The van der Waals surface area contributed by atoms with E-state index in [1.807, 2.05) is 6.07 Å². The van der Waals surface area contributed by atoms with Crippen LogP contribution in [-0.2, 0) is 16.1 Å². The molecule has 2 saturated heterocycles. The second kappa shape index (κ2) is 13.7. The highest BCUT2D eigenvalue weighted by Gasteiger charge is 2.23. The predicted octanol–water partition coefficient (Wildman–Crippen LogP) is 1.85. The van der Waals surface area contributed by atoms with Crippen molar-refractivity contribution < 1.29 is 14.3 Å². The molecule has 0 saturated carbocycles. The molecule has 2 fully saturated rings. The number of benzene rings is 1. The summed E-state index contributed by atoms with van der Waals surface area (Å²) in [5.74, 6) is 0.835. The highest BCUT2D eigenvalue weighted by molar-refractivity contribution is 5.76. The van der Waals surface area contributed by atoms with E-state index in [4.69, 9.17) is 15.2 Å². The lowest BCUT2D eigenvalue weighted by Gasteiger charge is -2.31. The number of nitrogens with zero attached hydrogens (tertiary/aromatic N) is 2. The molecule has 174 valence electrons. The van der Waals surface area contributed by atoms with Crippen LogP contribution in [0.5, 0.6) is 5.75 Å². The summed E-state index contributed by atoms with van der Waals surface area (Å²) in [6.45, 7) is 10.5. The number of primary amides is 1. The summed E-state index contributed by atoms with van der Waals surface area (Å²) in [6, 6.07) is 8.38. The number of rotatable bonds is 13. The summed E-state index contributed by atoms with van der Waals surface area (Å²) in [5.41, 5.74) is 6.71. The van der Waals surface area contributed by atoms with E-state index in [1.54, 1.807) is 0 Å². The summed E-state index contributed by atoms with van der Waals surface area (Å²) < 4.78 is 11.3. The lowest BCUT2D eigenvalue weighted by molar-refractivity contribution is -0.123. The van der Waals surface area contributed by atoms with Gasteiger partial charge >= 0.3 is 0 Å². The summed E-state index contributed by atoms with van der Waals surface area (Å²) in [4.78, 5) is 16.2. The maximum Gasteiger partial charge on any atom is 0.221 e. The van der Waals surface area contributed by atoms with Crippen LogP contribution in [0.4, 0.5) is 0 Å². The van der Waals surface area contributed by atoms with Gasteiger partial charge in [-0.1, -0.05) is 12.1 Å². The van der Waals surface area contributed by atoms with Crippen molar-refractivity contribution >= 4 is 5.91 Å². The lowest BCUT2D eigenvalue weighted by atomic mass is 9.97. The number of likely N-dealkylation sites (tertiary alicyclic amines) is 1. The van der Waals surface area contributed by atoms with Gasteiger partial charge in [0.25, 0.3) is 0 Å². The second-order valence-corrected chi connectivity index (χ2v) is 8.73. The van der Waals surface area contributed by atoms with E-state index in [0.29, 0.717) is 0 Å². The van der Waals surface area contributed by atoms with E-state index in [2.05, 4.69) is 33.3 Å². The van der Waals surface area contributed by atoms with Gasteiger partial charge in [0.2, 0.25) is 5.91 Å². The third kappa shape index (κ3) is 9.15. The molecule has 1 aromatic rings. The normalized spacial score (nSPS) is 20.6. The molecule has 0 spiro atoms. The Balaban J connectivity index is 1.24. The largest absolute Gasteiger partial charge is 0.494 e. The van der Waals surface area contributed by atoms with Crippen LogP contribution < -0.4 is 15.8 Å². The molecule has 31 heavy (non-hydrogen) atoms. The Hall–Kier alpha value is -1.67. The van der Waals surface area contributed by atoms with Gasteiger partial charge in [-0.25, -0.2) is 0 Å². The second-order valence-electron chi connectivity index (χ2n) is 8.73. The SMILES string of the molecule is NC(=O)C1CCCN(CCCNCc2cccc(OCCCCN3CCOCC3)c2)C1. The van der Waals surface area contributed by atoms with Gasteiger partial charge < -0.3 is 25.4 Å². The summed E-state index contributed by atoms with van der Waals surface area (Å²) in [5, 5.41) is 3.53. The van der Waals surface area contributed by atoms with Crippen LogP contribution in [0.1, 0.15) is 37.7 Å². The number of carbonyl (C=O) groups is 1. The van der Waals surface area contributed by atoms with Crippen molar-refractivity contribution in [3.8, 4) is 5.75 Å². The van der Waals surface area contributed by atoms with E-state index in [9.17, 15) is 4.79 Å². The van der Waals surface area contributed by atoms with Gasteiger partial charge in [-0.05, 0) is 76.0 Å². The number of hydrogen-bond donors (Lipinski definition) is 2. The Bertz CT molecular complexity index is 651. The van der Waals surface area contributed by atoms with Crippen LogP contribution >= 0.6 is 0 Å². The Morgan fingerprint density at radius 1 is 1.13 bits per heavy atom. The molecule has 7 heteroatoms. The molecular formula is C24H40N4O3. The van der Waals surface area contributed by atoms with Crippen LogP contribution in [0.25, 0.3) is 0 Å². The van der Waals surface area contributed by atoms with E-state index in [0.717, 1.165) is 104 Å². The minimum absolute atomic E-state index is 0.0313. The quantitative estimate of drug-likeness (QED) is 0.463. The van der Waals surface area contributed by atoms with E-state index in [1.165, 1.54) is 12.0 Å². The summed E-state index contributed by atoms with van der Waals surface area (Å²) in [6.07, 6.45) is 5.33. The molecular weight excluding hydrogens is 392 g/mol. The van der Waals surface area contributed by atoms with Crippen LogP contribution in [0.3, 0.4) is 0 Å². The molecule has 2 aliphatic heterocycles. The molecule has 3 rings (SSSR count). The van der Waals surface area contributed by atoms with Gasteiger partial charge in [-0.15, -0.1) is 0 Å². The highest BCUT2D eigenvalue weighted by atomic mass is 16.5. The first-order valence-electron chi connectivity index (χ1n) is 11.9. The molecule has 7 nitrogen and oxygen atoms in total. The van der Waals surface area contributed by atoms with E-state index < -0.39 is 0 Å². The minimum atomic E-state index is -0.151. The molecule has 1 unspecified atom stereocenters. The fraction of sp³-hybridized carbons (Fsp3) is 0.708. The number of carbonyl (C=O) groups excluding carboxylic acids is 1. The maximum absolute atomic E-state index is 11.4. The average molecular weight is 433 g/mol. The number of morpholine rings is 1. The zero-order valence-electron chi connectivity index (χ0n) is 18.9. The molecule has 2 aliphatic rings. The fourth-order valence-electron chi connectivity index (χ4n) is 4.35. The van der Waals surface area contributed by atoms with Crippen molar-refractivity contribution in [2.24, 2.45) is 11.7 Å². The third-order valence-electron chi connectivity index (χ3n) is 6.20. The van der Waals surface area contributed by atoms with Crippen LogP contribution in [0, 0.1) is 5.92 Å². The summed E-state index contributed by atoms with van der Waals surface area (Å²) >= 11 is 0. The third-order valence-corrected chi connectivity index (χ3v) is 6.20. The van der Waals surface area contributed by atoms with Gasteiger partial charge in [-0.3, -0.25) is 9.69 Å². The molecule has 2 heterocycles. The van der Waals surface area contributed by atoms with Gasteiger partial charge in [0.05, 0.1) is 25.7 Å². The predicted molar refractivity (Wildman–Crippen MR) is 123 cm³/mol. The zero-order chi connectivity index (χ0) is 21.7. The fourth-order valence-corrected chi connectivity index (χ4v) is 4.35. The molecule has 1 amide bonds. The average Bonchev–Trinajstić information content (AvgIpc) is 2.80. The molecule has 0 aromatic heterocycles. The summed E-state index contributed by atoms with van der Waals surface area (Å²) in [7, 11) is 0. The minimum Gasteiger partial charge on any atom is -0.494 e. The maximum atomic E-state index is 11.4. The number of nitrogens with two attached hydrogens (primary N) is 1. The first kappa shape index (κ1) is 24.0. The number of piperidine rings is 1. The van der Waals surface area contributed by atoms with Gasteiger partial charge in [0, 0.05) is 26.2 Å².